The van der Waals surface area contributed by atoms with Gasteiger partial charge in [-0.05, 0) is 18.1 Å². The van der Waals surface area contributed by atoms with Gasteiger partial charge in [-0.2, -0.15) is 0 Å². The lowest BCUT2D eigenvalue weighted by atomic mass is 10.1. The average molecular weight is 375 g/mol. The Kier molecular flexibility index (Phi) is 5.26. The second-order valence-corrected chi connectivity index (χ2v) is 7.34. The van der Waals surface area contributed by atoms with E-state index in [1.807, 2.05) is 29.2 Å². The zero-order chi connectivity index (χ0) is 19.5. The smallest absolute Gasteiger partial charge is 0.259 e. The zero-order valence-electron chi connectivity index (χ0n) is 16.0. The van der Waals surface area contributed by atoms with Crippen LogP contribution >= 0.6 is 0 Å². The van der Waals surface area contributed by atoms with Crippen LogP contribution < -0.4 is 0 Å². The maximum absolute atomic E-state index is 12.8. The molecule has 0 bridgehead atoms. The molecule has 2 heterocycles. The summed E-state index contributed by atoms with van der Waals surface area (Å²) in [6.07, 6.45) is 1.02. The van der Waals surface area contributed by atoms with Crippen LogP contribution in [0.1, 0.15) is 21.5 Å². The molecule has 28 heavy (non-hydrogen) atoms. The molecule has 144 valence electrons. The number of benzene rings is 2. The normalized spacial score (nSPS) is 17.1. The van der Waals surface area contributed by atoms with Gasteiger partial charge in [0, 0.05) is 49.5 Å². The molecule has 2 amide bonds. The van der Waals surface area contributed by atoms with Crippen molar-refractivity contribution in [3.8, 4) is 0 Å². The maximum Gasteiger partial charge on any atom is 0.259 e. The Bertz CT molecular complexity index is 851. The van der Waals surface area contributed by atoms with Crippen LogP contribution in [-0.2, 0) is 11.2 Å². The Labute approximate surface area is 165 Å². The molecule has 2 aliphatic rings. The van der Waals surface area contributed by atoms with Crippen LogP contribution in [0, 0.1) is 0 Å². The van der Waals surface area contributed by atoms with Gasteiger partial charge < -0.3 is 4.90 Å². The molecule has 0 spiro atoms. The van der Waals surface area contributed by atoms with Crippen molar-refractivity contribution in [3.05, 3.63) is 77.9 Å². The molecule has 5 heteroatoms. The fourth-order valence-electron chi connectivity index (χ4n) is 3.89. The minimum absolute atomic E-state index is 0.00924. The van der Waals surface area contributed by atoms with E-state index in [9.17, 15) is 9.59 Å². The minimum atomic E-state index is -0.129. The first kappa shape index (κ1) is 18.4. The highest BCUT2D eigenvalue weighted by atomic mass is 16.2. The highest BCUT2D eigenvalue weighted by Crippen LogP contribution is 2.30. The predicted octanol–water partition coefficient (Wildman–Crippen LogP) is 2.50. The van der Waals surface area contributed by atoms with E-state index < -0.39 is 0 Å². The van der Waals surface area contributed by atoms with E-state index in [2.05, 4.69) is 35.7 Å². The summed E-state index contributed by atoms with van der Waals surface area (Å²) in [6.45, 7) is 8.23. The van der Waals surface area contributed by atoms with Crippen LogP contribution in [-0.4, -0.2) is 65.8 Å². The molecule has 0 saturated carbocycles. The summed E-state index contributed by atoms with van der Waals surface area (Å²) in [6, 6.07) is 17.9. The first-order valence-corrected chi connectivity index (χ1v) is 9.78. The molecule has 2 aromatic carbocycles. The minimum Gasteiger partial charge on any atom is -0.339 e. The van der Waals surface area contributed by atoms with Crippen LogP contribution in [0.5, 0.6) is 0 Å². The summed E-state index contributed by atoms with van der Waals surface area (Å²) in [4.78, 5) is 31.1. The van der Waals surface area contributed by atoms with Gasteiger partial charge in [-0.25, -0.2) is 0 Å². The number of carbonyl (C=O) groups is 2. The van der Waals surface area contributed by atoms with Gasteiger partial charge >= 0.3 is 0 Å². The number of amides is 2. The van der Waals surface area contributed by atoms with Crippen LogP contribution in [0.3, 0.4) is 0 Å². The molecule has 1 saturated heterocycles. The predicted molar refractivity (Wildman–Crippen MR) is 110 cm³/mol. The Hall–Kier alpha value is -2.92. The van der Waals surface area contributed by atoms with E-state index in [0.29, 0.717) is 24.4 Å². The molecule has 0 aromatic heterocycles. The first-order valence-electron chi connectivity index (χ1n) is 9.78. The van der Waals surface area contributed by atoms with E-state index in [4.69, 9.17) is 0 Å². The molecule has 0 aliphatic carbocycles. The van der Waals surface area contributed by atoms with Crippen molar-refractivity contribution in [2.24, 2.45) is 0 Å². The van der Waals surface area contributed by atoms with E-state index in [1.54, 1.807) is 6.07 Å². The van der Waals surface area contributed by atoms with Gasteiger partial charge in [0.15, 0.2) is 0 Å². The van der Waals surface area contributed by atoms with Gasteiger partial charge in [0.2, 0.25) is 5.91 Å². The highest BCUT2D eigenvalue weighted by Gasteiger charge is 2.33. The third kappa shape index (κ3) is 3.71. The summed E-state index contributed by atoms with van der Waals surface area (Å²) in [5.74, 6) is -0.138. The van der Waals surface area contributed by atoms with Crippen LogP contribution in [0.25, 0.3) is 5.70 Å². The van der Waals surface area contributed by atoms with Crippen molar-refractivity contribution >= 4 is 17.5 Å². The van der Waals surface area contributed by atoms with Gasteiger partial charge in [0.25, 0.3) is 5.91 Å². The molecule has 4 rings (SSSR count). The number of carbonyl (C=O) groups excluding carboxylic acids is 2. The summed E-state index contributed by atoms with van der Waals surface area (Å²) >= 11 is 0. The fraction of sp³-hybridized carbons (Fsp3) is 0.304. The molecule has 0 N–H and O–H groups in total. The molecule has 0 radical (unpaired) electrons. The third-order valence-corrected chi connectivity index (χ3v) is 5.62. The Morgan fingerprint density at radius 1 is 0.893 bits per heavy atom. The first-order chi connectivity index (χ1) is 13.6. The van der Waals surface area contributed by atoms with Crippen molar-refractivity contribution in [1.29, 1.82) is 0 Å². The Morgan fingerprint density at radius 3 is 2.21 bits per heavy atom. The number of nitrogens with zero attached hydrogens (tertiary/aromatic N) is 3. The molecular formula is C23H25N3O2. The lowest BCUT2D eigenvalue weighted by molar-refractivity contribution is -0.133. The molecule has 2 aliphatic heterocycles. The van der Waals surface area contributed by atoms with E-state index >= 15 is 0 Å². The quantitative estimate of drug-likeness (QED) is 0.807. The molecule has 0 unspecified atom stereocenters. The molecule has 1 fully saturated rings. The van der Waals surface area contributed by atoms with Gasteiger partial charge in [-0.15, -0.1) is 0 Å². The Morgan fingerprint density at radius 2 is 1.54 bits per heavy atom. The van der Waals surface area contributed by atoms with Gasteiger partial charge in [0.05, 0.1) is 0 Å². The summed E-state index contributed by atoms with van der Waals surface area (Å²) in [5, 5.41) is 0. The van der Waals surface area contributed by atoms with E-state index in [0.717, 1.165) is 31.6 Å². The summed E-state index contributed by atoms with van der Waals surface area (Å²) < 4.78 is 0. The van der Waals surface area contributed by atoms with Crippen LogP contribution in [0.15, 0.2) is 61.2 Å². The summed E-state index contributed by atoms with van der Waals surface area (Å²) in [7, 11) is 0. The summed E-state index contributed by atoms with van der Waals surface area (Å²) in [5.41, 5.74) is 3.42. The van der Waals surface area contributed by atoms with Crippen molar-refractivity contribution in [2.45, 2.75) is 6.42 Å². The molecular weight excluding hydrogens is 350 g/mol. The standard InChI is InChI=1S/C23H25N3O2/c1-18-20-9-5-6-10-21(20)23(28)26(18)17-22(27)25-15-13-24(14-16-25)12-11-19-7-3-2-4-8-19/h2-10H,1,11-17H2. The van der Waals surface area contributed by atoms with Crippen molar-refractivity contribution < 1.29 is 9.59 Å². The maximum atomic E-state index is 12.8. The second-order valence-electron chi connectivity index (χ2n) is 7.34. The SMILES string of the molecule is C=C1c2ccccc2C(=O)N1CC(=O)N1CCN(CCc2ccccc2)CC1. The number of rotatable bonds is 5. The number of piperazine rings is 1. The second kappa shape index (κ2) is 7.98. The Balaban J connectivity index is 1.28. The number of hydrogen-bond acceptors (Lipinski definition) is 3. The van der Waals surface area contributed by atoms with Crippen LogP contribution in [0.2, 0.25) is 0 Å². The molecule has 5 nitrogen and oxygen atoms in total. The van der Waals surface area contributed by atoms with Gasteiger partial charge in [-0.1, -0.05) is 55.1 Å². The zero-order valence-corrected chi connectivity index (χ0v) is 16.0. The topological polar surface area (TPSA) is 43.9 Å². The monoisotopic (exact) mass is 375 g/mol. The van der Waals surface area contributed by atoms with E-state index in [1.165, 1.54) is 10.5 Å². The van der Waals surface area contributed by atoms with Gasteiger partial charge in [-0.3, -0.25) is 19.4 Å². The average Bonchev–Trinajstić information content (AvgIpc) is 2.98. The number of hydrogen-bond donors (Lipinski definition) is 0. The van der Waals surface area contributed by atoms with Crippen LogP contribution in [0.4, 0.5) is 0 Å². The largest absolute Gasteiger partial charge is 0.339 e. The lowest BCUT2D eigenvalue weighted by Crippen LogP contribution is -2.51. The van der Waals surface area contributed by atoms with E-state index in [-0.39, 0.29) is 18.4 Å². The lowest BCUT2D eigenvalue weighted by Gasteiger charge is -2.35. The molecule has 2 aromatic rings. The number of fused-ring (bicyclic) bond motifs is 1. The van der Waals surface area contributed by atoms with Crippen molar-refractivity contribution in [1.82, 2.24) is 14.7 Å². The fourth-order valence-corrected chi connectivity index (χ4v) is 3.89. The molecule has 0 atom stereocenters. The van der Waals surface area contributed by atoms with Gasteiger partial charge in [0.1, 0.15) is 6.54 Å². The van der Waals surface area contributed by atoms with Crippen molar-refractivity contribution in [3.63, 3.8) is 0 Å². The van der Waals surface area contributed by atoms with Crippen molar-refractivity contribution in [2.75, 3.05) is 39.3 Å². The highest BCUT2D eigenvalue weighted by molar-refractivity contribution is 6.10. The third-order valence-electron chi connectivity index (χ3n) is 5.62.